The molecule has 0 saturated carbocycles. The molecule has 0 radical (unpaired) electrons. The average Bonchev–Trinajstić information content (AvgIpc) is 2.19. The first-order valence-corrected chi connectivity index (χ1v) is 4.46. The summed E-state index contributed by atoms with van der Waals surface area (Å²) >= 11 is 9.84. The molecule has 76 valence electrons. The molecule has 1 aromatic carbocycles. The van der Waals surface area contributed by atoms with Crippen molar-refractivity contribution in [1.29, 1.82) is 0 Å². The topological polar surface area (TPSA) is 78.3 Å². The molecule has 0 fully saturated rings. The lowest BCUT2D eigenvalue weighted by Gasteiger charge is -2.09. The monoisotopic (exact) mass is 232 g/mol. The van der Waals surface area contributed by atoms with Crippen LogP contribution in [0.5, 0.6) is 0 Å². The molecular formula is C8H9ClN2O2S. The predicted molar refractivity (Wildman–Crippen MR) is 58.9 cm³/mol. The number of thiol groups is 1. The highest BCUT2D eigenvalue weighted by Gasteiger charge is 2.16. The molecule has 1 aromatic rings. The normalized spacial score (nSPS) is 9.93. The van der Waals surface area contributed by atoms with Gasteiger partial charge in [0.15, 0.2) is 0 Å². The molecule has 14 heavy (non-hydrogen) atoms. The summed E-state index contributed by atoms with van der Waals surface area (Å²) in [4.78, 5) is 11.6. The van der Waals surface area contributed by atoms with Crippen molar-refractivity contribution >= 4 is 41.6 Å². The number of hydrogen-bond donors (Lipinski definition) is 3. The van der Waals surface area contributed by atoms with Gasteiger partial charge in [0.1, 0.15) is 0 Å². The van der Waals surface area contributed by atoms with Gasteiger partial charge >= 0.3 is 5.97 Å². The lowest BCUT2D eigenvalue weighted by Crippen LogP contribution is -2.07. The number of esters is 1. The number of halogens is 1. The molecule has 0 heterocycles. The van der Waals surface area contributed by atoms with Crippen LogP contribution in [0, 0.1) is 0 Å². The van der Waals surface area contributed by atoms with Crippen LogP contribution in [-0.4, -0.2) is 13.1 Å². The molecule has 6 heteroatoms. The lowest BCUT2D eigenvalue weighted by atomic mass is 10.1. The van der Waals surface area contributed by atoms with E-state index in [1.807, 2.05) is 0 Å². The molecule has 0 atom stereocenters. The molecule has 0 saturated heterocycles. The van der Waals surface area contributed by atoms with Crippen molar-refractivity contribution in [2.45, 2.75) is 4.90 Å². The van der Waals surface area contributed by atoms with Crippen molar-refractivity contribution in [1.82, 2.24) is 0 Å². The van der Waals surface area contributed by atoms with Gasteiger partial charge in [0, 0.05) is 10.6 Å². The van der Waals surface area contributed by atoms with E-state index in [0.29, 0.717) is 4.90 Å². The third kappa shape index (κ3) is 1.73. The van der Waals surface area contributed by atoms with E-state index < -0.39 is 5.97 Å². The fraction of sp³-hybridized carbons (Fsp3) is 0.125. The Bertz CT molecular complexity index is 395. The van der Waals surface area contributed by atoms with Gasteiger partial charge in [0.25, 0.3) is 0 Å². The second-order valence-corrected chi connectivity index (χ2v) is 3.41. The Morgan fingerprint density at radius 1 is 1.57 bits per heavy atom. The van der Waals surface area contributed by atoms with Crippen LogP contribution < -0.4 is 11.5 Å². The Morgan fingerprint density at radius 3 is 2.64 bits per heavy atom. The zero-order valence-electron chi connectivity index (χ0n) is 7.37. The van der Waals surface area contributed by atoms with E-state index in [4.69, 9.17) is 23.1 Å². The number of carbonyl (C=O) groups excluding carboxylic acids is 1. The third-order valence-electron chi connectivity index (χ3n) is 1.71. The summed E-state index contributed by atoms with van der Waals surface area (Å²) in [7, 11) is 1.25. The Morgan fingerprint density at radius 2 is 2.14 bits per heavy atom. The number of benzene rings is 1. The highest BCUT2D eigenvalue weighted by molar-refractivity contribution is 7.80. The van der Waals surface area contributed by atoms with Gasteiger partial charge in [-0.1, -0.05) is 11.6 Å². The standard InChI is InChI=1S/C8H9ClN2O2S/c1-13-8(12)3-2-4(10)7(14)5(9)6(3)11/h2,14H,10-11H2,1H3. The van der Waals surface area contributed by atoms with Crippen LogP contribution in [-0.2, 0) is 4.74 Å². The molecule has 0 bridgehead atoms. The van der Waals surface area contributed by atoms with Crippen LogP contribution in [0.4, 0.5) is 11.4 Å². The third-order valence-corrected chi connectivity index (χ3v) is 2.72. The first-order chi connectivity index (χ1) is 6.49. The van der Waals surface area contributed by atoms with E-state index in [-0.39, 0.29) is 22.0 Å². The highest BCUT2D eigenvalue weighted by Crippen LogP contribution is 2.34. The van der Waals surface area contributed by atoms with Crippen molar-refractivity contribution in [2.24, 2.45) is 0 Å². The SMILES string of the molecule is COC(=O)c1cc(N)c(S)c(Cl)c1N. The summed E-state index contributed by atoms with van der Waals surface area (Å²) in [5.41, 5.74) is 11.7. The first-order valence-electron chi connectivity index (χ1n) is 3.63. The number of ether oxygens (including phenoxy) is 1. The van der Waals surface area contributed by atoms with Crippen LogP contribution >= 0.6 is 24.2 Å². The molecule has 0 aliphatic carbocycles. The van der Waals surface area contributed by atoms with Crippen LogP contribution in [0.2, 0.25) is 5.02 Å². The van der Waals surface area contributed by atoms with Crippen LogP contribution in [0.3, 0.4) is 0 Å². The van der Waals surface area contributed by atoms with Crippen molar-refractivity contribution in [3.05, 3.63) is 16.7 Å². The minimum Gasteiger partial charge on any atom is -0.465 e. The van der Waals surface area contributed by atoms with Gasteiger partial charge in [-0.15, -0.1) is 12.6 Å². The summed E-state index contributed by atoms with van der Waals surface area (Å²) in [6.45, 7) is 0. The second kappa shape index (κ2) is 3.98. The van der Waals surface area contributed by atoms with E-state index in [1.165, 1.54) is 13.2 Å². The van der Waals surface area contributed by atoms with Crippen molar-refractivity contribution in [2.75, 3.05) is 18.6 Å². The molecule has 1 rings (SSSR count). The van der Waals surface area contributed by atoms with Gasteiger partial charge in [0.2, 0.25) is 0 Å². The van der Waals surface area contributed by atoms with Crippen LogP contribution in [0.15, 0.2) is 11.0 Å². The summed E-state index contributed by atoms with van der Waals surface area (Å²) < 4.78 is 4.51. The molecule has 0 amide bonds. The number of nitrogens with two attached hydrogens (primary N) is 2. The minimum absolute atomic E-state index is 0.123. The Kier molecular flexibility index (Phi) is 3.13. The number of nitrogen functional groups attached to an aromatic ring is 2. The largest absolute Gasteiger partial charge is 0.465 e. The quantitative estimate of drug-likeness (QED) is 0.390. The summed E-state index contributed by atoms with van der Waals surface area (Å²) in [6.07, 6.45) is 0. The van der Waals surface area contributed by atoms with Crippen molar-refractivity contribution < 1.29 is 9.53 Å². The molecule has 0 spiro atoms. The molecular weight excluding hydrogens is 224 g/mol. The minimum atomic E-state index is -0.579. The number of methoxy groups -OCH3 is 1. The Hall–Kier alpha value is -1.07. The summed E-state index contributed by atoms with van der Waals surface area (Å²) in [5.74, 6) is -0.579. The van der Waals surface area contributed by atoms with Crippen molar-refractivity contribution in [3.8, 4) is 0 Å². The van der Waals surface area contributed by atoms with Gasteiger partial charge < -0.3 is 16.2 Å². The zero-order chi connectivity index (χ0) is 10.9. The van der Waals surface area contributed by atoms with Gasteiger partial charge in [-0.25, -0.2) is 4.79 Å². The molecule has 0 aliphatic heterocycles. The summed E-state index contributed by atoms with van der Waals surface area (Å²) in [6, 6.07) is 1.38. The maximum Gasteiger partial charge on any atom is 0.340 e. The molecule has 0 aliphatic rings. The van der Waals surface area contributed by atoms with Crippen LogP contribution in [0.1, 0.15) is 10.4 Å². The first kappa shape index (κ1) is 11.0. The fourth-order valence-corrected chi connectivity index (χ4v) is 1.35. The van der Waals surface area contributed by atoms with Gasteiger partial charge in [0.05, 0.1) is 23.4 Å². The predicted octanol–water partition coefficient (Wildman–Crippen LogP) is 1.58. The number of anilines is 2. The maximum absolute atomic E-state index is 11.2. The molecule has 4 nitrogen and oxygen atoms in total. The molecule has 4 N–H and O–H groups in total. The lowest BCUT2D eigenvalue weighted by molar-refractivity contribution is 0.0602. The zero-order valence-corrected chi connectivity index (χ0v) is 9.02. The highest BCUT2D eigenvalue weighted by atomic mass is 35.5. The van der Waals surface area contributed by atoms with E-state index >= 15 is 0 Å². The van der Waals surface area contributed by atoms with E-state index in [0.717, 1.165) is 0 Å². The van der Waals surface area contributed by atoms with Crippen molar-refractivity contribution in [3.63, 3.8) is 0 Å². The maximum atomic E-state index is 11.2. The second-order valence-electron chi connectivity index (χ2n) is 2.58. The summed E-state index contributed by atoms with van der Waals surface area (Å²) in [5, 5.41) is 0.161. The van der Waals surface area contributed by atoms with Gasteiger partial charge in [-0.2, -0.15) is 0 Å². The van der Waals surface area contributed by atoms with Crippen LogP contribution in [0.25, 0.3) is 0 Å². The molecule has 0 aromatic heterocycles. The molecule has 0 unspecified atom stereocenters. The van der Waals surface area contributed by atoms with E-state index in [2.05, 4.69) is 17.4 Å². The van der Waals surface area contributed by atoms with Gasteiger partial charge in [-0.05, 0) is 6.07 Å². The van der Waals surface area contributed by atoms with Gasteiger partial charge in [-0.3, -0.25) is 0 Å². The average molecular weight is 233 g/mol. The Labute approximate surface area is 91.6 Å². The number of carbonyl (C=O) groups is 1. The Balaban J connectivity index is 3.40. The smallest absolute Gasteiger partial charge is 0.340 e. The fourth-order valence-electron chi connectivity index (χ4n) is 0.953. The van der Waals surface area contributed by atoms with E-state index in [1.54, 1.807) is 0 Å². The number of hydrogen-bond acceptors (Lipinski definition) is 5. The van der Waals surface area contributed by atoms with E-state index in [9.17, 15) is 4.79 Å². The number of rotatable bonds is 1.